The summed E-state index contributed by atoms with van der Waals surface area (Å²) in [7, 11) is 0. The number of benzene rings is 2. The predicted octanol–water partition coefficient (Wildman–Crippen LogP) is 2.74. The predicted molar refractivity (Wildman–Crippen MR) is 148 cm³/mol. The number of nitrogens with zero attached hydrogens (tertiary/aromatic N) is 4. The van der Waals surface area contributed by atoms with Crippen LogP contribution in [0.15, 0.2) is 48.5 Å². The van der Waals surface area contributed by atoms with Gasteiger partial charge in [-0.25, -0.2) is 4.79 Å². The first kappa shape index (κ1) is 30.3. The van der Waals surface area contributed by atoms with E-state index in [9.17, 15) is 32.3 Å². The van der Waals surface area contributed by atoms with Crippen molar-refractivity contribution in [2.24, 2.45) is 0 Å². The third kappa shape index (κ3) is 6.93. The van der Waals surface area contributed by atoms with Gasteiger partial charge < -0.3 is 24.8 Å². The average Bonchev–Trinajstić information content (AvgIpc) is 2.98. The van der Waals surface area contributed by atoms with Crippen LogP contribution >= 0.6 is 0 Å². The van der Waals surface area contributed by atoms with E-state index in [-0.39, 0.29) is 55.8 Å². The van der Waals surface area contributed by atoms with Crippen molar-refractivity contribution in [2.45, 2.75) is 51.3 Å². The molecule has 2 atom stereocenters. The SMILES string of the molecule is Cc1cc(COC(=O)N2CCC(=O)N3[C@@H]2CN(Cc2ccccc2)C(=O)[C@@H]3CC(=O)N2CCNCC2)cc(C(F)(F)F)c1. The zero-order valence-corrected chi connectivity index (χ0v) is 23.8. The molecule has 0 aromatic heterocycles. The number of hydrogen-bond acceptors (Lipinski definition) is 6. The smallest absolute Gasteiger partial charge is 0.416 e. The molecule has 0 saturated carbocycles. The quantitative estimate of drug-likeness (QED) is 0.547. The molecule has 3 heterocycles. The van der Waals surface area contributed by atoms with E-state index in [0.717, 1.165) is 17.7 Å². The number of fused-ring (bicyclic) bond motifs is 1. The fraction of sp³-hybridized carbons (Fsp3) is 0.467. The highest BCUT2D eigenvalue weighted by molar-refractivity contribution is 5.94. The Morgan fingerprint density at radius 1 is 1.00 bits per heavy atom. The van der Waals surface area contributed by atoms with Gasteiger partial charge in [0, 0.05) is 45.7 Å². The average molecular weight is 602 g/mol. The molecule has 2 aromatic carbocycles. The third-order valence-electron chi connectivity index (χ3n) is 7.97. The zero-order valence-electron chi connectivity index (χ0n) is 23.8. The lowest BCUT2D eigenvalue weighted by molar-refractivity contribution is -0.170. The number of nitrogens with one attached hydrogen (secondary N) is 1. The summed E-state index contributed by atoms with van der Waals surface area (Å²) in [5.74, 6) is -0.993. The van der Waals surface area contributed by atoms with Gasteiger partial charge in [0.1, 0.15) is 18.8 Å². The lowest BCUT2D eigenvalue weighted by atomic mass is 10.00. The molecule has 3 saturated heterocycles. The van der Waals surface area contributed by atoms with Crippen LogP contribution in [0, 0.1) is 6.92 Å². The van der Waals surface area contributed by atoms with Gasteiger partial charge in [-0.2, -0.15) is 13.2 Å². The third-order valence-corrected chi connectivity index (χ3v) is 7.97. The Kier molecular flexibility index (Phi) is 8.90. The maximum absolute atomic E-state index is 13.8. The lowest BCUT2D eigenvalue weighted by Gasteiger charge is -2.51. The normalized spacial score (nSPS) is 21.1. The van der Waals surface area contributed by atoms with Gasteiger partial charge in [0.05, 0.1) is 18.5 Å². The molecule has 1 N–H and O–H groups in total. The Hall–Kier alpha value is -4.13. The Morgan fingerprint density at radius 2 is 1.72 bits per heavy atom. The fourth-order valence-corrected chi connectivity index (χ4v) is 5.89. The summed E-state index contributed by atoms with van der Waals surface area (Å²) in [5.41, 5.74) is 0.546. The molecule has 3 aliphatic rings. The van der Waals surface area contributed by atoms with E-state index in [4.69, 9.17) is 4.74 Å². The van der Waals surface area contributed by atoms with E-state index in [0.29, 0.717) is 31.7 Å². The van der Waals surface area contributed by atoms with Gasteiger partial charge in [-0.05, 0) is 30.2 Å². The van der Waals surface area contributed by atoms with Gasteiger partial charge in [-0.1, -0.05) is 42.0 Å². The Labute approximate surface area is 247 Å². The summed E-state index contributed by atoms with van der Waals surface area (Å²) in [6, 6.07) is 11.6. The molecule has 0 radical (unpaired) electrons. The number of alkyl halides is 3. The van der Waals surface area contributed by atoms with Gasteiger partial charge >= 0.3 is 12.3 Å². The van der Waals surface area contributed by atoms with Crippen LogP contribution in [0.1, 0.15) is 35.1 Å². The number of rotatable bonds is 6. The van der Waals surface area contributed by atoms with Crippen molar-refractivity contribution in [1.82, 2.24) is 24.9 Å². The van der Waals surface area contributed by atoms with Crippen LogP contribution in [0.4, 0.5) is 18.0 Å². The van der Waals surface area contributed by atoms with Crippen molar-refractivity contribution in [3.8, 4) is 0 Å². The standard InChI is InChI=1S/C30H34F3N5O5/c1-20-13-22(15-23(14-20)30(31,32)33)19-43-29(42)37-10-7-26(39)38-24(16-27(40)35-11-8-34-9-12-35)28(41)36(18-25(37)38)17-21-5-3-2-4-6-21/h2-6,13-15,24-25,34H,7-12,16-19H2,1H3/t24-,25+/m0/s1. The molecule has 230 valence electrons. The molecule has 4 amide bonds. The topological polar surface area (TPSA) is 102 Å². The largest absolute Gasteiger partial charge is 0.444 e. The molecule has 0 spiro atoms. The fourth-order valence-electron chi connectivity index (χ4n) is 5.89. The van der Waals surface area contributed by atoms with Gasteiger partial charge in [-0.15, -0.1) is 0 Å². The summed E-state index contributed by atoms with van der Waals surface area (Å²) in [6.07, 6.45) is -6.58. The first-order valence-electron chi connectivity index (χ1n) is 14.2. The lowest BCUT2D eigenvalue weighted by Crippen LogP contribution is -2.71. The molecule has 5 rings (SSSR count). The molecule has 43 heavy (non-hydrogen) atoms. The molecule has 0 aliphatic carbocycles. The van der Waals surface area contributed by atoms with Crippen molar-refractivity contribution < 1.29 is 37.1 Å². The van der Waals surface area contributed by atoms with E-state index in [1.807, 2.05) is 30.3 Å². The van der Waals surface area contributed by atoms with Crippen LogP contribution in [0.2, 0.25) is 0 Å². The second kappa shape index (κ2) is 12.6. The number of amides is 4. The van der Waals surface area contributed by atoms with Gasteiger partial charge in [-0.3, -0.25) is 19.3 Å². The summed E-state index contributed by atoms with van der Waals surface area (Å²) >= 11 is 0. The van der Waals surface area contributed by atoms with E-state index in [1.54, 1.807) is 9.80 Å². The van der Waals surface area contributed by atoms with E-state index >= 15 is 0 Å². The monoisotopic (exact) mass is 601 g/mol. The van der Waals surface area contributed by atoms with Crippen molar-refractivity contribution in [2.75, 3.05) is 39.3 Å². The second-order valence-corrected chi connectivity index (χ2v) is 11.0. The van der Waals surface area contributed by atoms with E-state index in [2.05, 4.69) is 5.32 Å². The minimum Gasteiger partial charge on any atom is -0.444 e. The number of carbonyl (C=O) groups is 4. The minimum atomic E-state index is -4.55. The Bertz CT molecular complexity index is 1370. The Balaban J connectivity index is 1.38. The maximum atomic E-state index is 13.8. The first-order valence-corrected chi connectivity index (χ1v) is 14.2. The maximum Gasteiger partial charge on any atom is 0.416 e. The van der Waals surface area contributed by atoms with Gasteiger partial charge in [0.25, 0.3) is 0 Å². The molecule has 2 aromatic rings. The van der Waals surface area contributed by atoms with Crippen LogP contribution in [0.3, 0.4) is 0 Å². The van der Waals surface area contributed by atoms with Crippen LogP contribution < -0.4 is 5.32 Å². The summed E-state index contributed by atoms with van der Waals surface area (Å²) < 4.78 is 45.4. The summed E-state index contributed by atoms with van der Waals surface area (Å²) in [4.78, 5) is 59.6. The number of piperazine rings is 2. The summed E-state index contributed by atoms with van der Waals surface area (Å²) in [6.45, 7) is 3.55. The number of hydrogen-bond donors (Lipinski definition) is 1. The van der Waals surface area contributed by atoms with Gasteiger partial charge in [0.15, 0.2) is 0 Å². The second-order valence-electron chi connectivity index (χ2n) is 11.0. The molecule has 0 bridgehead atoms. The molecule has 3 fully saturated rings. The number of halogens is 3. The van der Waals surface area contributed by atoms with Crippen LogP contribution in [-0.2, 0) is 38.4 Å². The molecule has 0 unspecified atom stereocenters. The van der Waals surface area contributed by atoms with Crippen molar-refractivity contribution >= 4 is 23.8 Å². The van der Waals surface area contributed by atoms with Gasteiger partial charge in [0.2, 0.25) is 17.7 Å². The molecule has 3 aliphatic heterocycles. The van der Waals surface area contributed by atoms with E-state index in [1.165, 1.54) is 22.8 Å². The highest BCUT2D eigenvalue weighted by atomic mass is 19.4. The minimum absolute atomic E-state index is 0.00441. The molecular formula is C30H34F3N5O5. The van der Waals surface area contributed by atoms with Crippen molar-refractivity contribution in [3.05, 3.63) is 70.8 Å². The van der Waals surface area contributed by atoms with Crippen LogP contribution in [0.25, 0.3) is 0 Å². The molecule has 10 nitrogen and oxygen atoms in total. The molecule has 13 heteroatoms. The van der Waals surface area contributed by atoms with Crippen molar-refractivity contribution in [1.29, 1.82) is 0 Å². The highest BCUT2D eigenvalue weighted by Gasteiger charge is 2.50. The number of ether oxygens (including phenoxy) is 1. The van der Waals surface area contributed by atoms with Crippen molar-refractivity contribution in [3.63, 3.8) is 0 Å². The van der Waals surface area contributed by atoms with E-state index < -0.39 is 36.6 Å². The van der Waals surface area contributed by atoms with Crippen LogP contribution in [0.5, 0.6) is 0 Å². The number of aryl methyl sites for hydroxylation is 1. The first-order chi connectivity index (χ1) is 20.5. The molecular weight excluding hydrogens is 567 g/mol. The highest BCUT2D eigenvalue weighted by Crippen LogP contribution is 2.32. The summed E-state index contributed by atoms with van der Waals surface area (Å²) in [5, 5.41) is 3.18. The van der Waals surface area contributed by atoms with Crippen LogP contribution in [-0.4, -0.2) is 94.9 Å². The Morgan fingerprint density at radius 3 is 2.42 bits per heavy atom. The number of carbonyl (C=O) groups excluding carboxylic acids is 4. The zero-order chi connectivity index (χ0) is 30.7.